The molecule has 0 radical (unpaired) electrons. The fourth-order valence-electron chi connectivity index (χ4n) is 2.06. The molecule has 0 fully saturated rings. The van der Waals surface area contributed by atoms with Gasteiger partial charge in [-0.2, -0.15) is 0 Å². The van der Waals surface area contributed by atoms with Gasteiger partial charge in [0.25, 0.3) is 0 Å². The lowest BCUT2D eigenvalue weighted by atomic mass is 10.1. The van der Waals surface area contributed by atoms with E-state index in [1.54, 1.807) is 11.3 Å². The van der Waals surface area contributed by atoms with Crippen LogP contribution < -0.4 is 5.73 Å². The highest BCUT2D eigenvalue weighted by Crippen LogP contribution is 2.20. The molecule has 0 amide bonds. The van der Waals surface area contributed by atoms with Gasteiger partial charge in [-0.3, -0.25) is 0 Å². The smallest absolute Gasteiger partial charge is 0.104 e. The van der Waals surface area contributed by atoms with Crippen molar-refractivity contribution in [2.45, 2.75) is 6.54 Å². The molecular formula is C14H12N2S2. The van der Waals surface area contributed by atoms with Gasteiger partial charge in [-0.15, -0.1) is 11.3 Å². The highest BCUT2D eigenvalue weighted by atomic mass is 32.1. The number of aromatic nitrogens is 1. The summed E-state index contributed by atoms with van der Waals surface area (Å²) in [6.07, 6.45) is 2.10. The Kier molecular flexibility index (Phi) is 2.89. The second kappa shape index (κ2) is 4.55. The van der Waals surface area contributed by atoms with Crippen molar-refractivity contribution in [2.24, 2.45) is 5.73 Å². The number of rotatable bonds is 3. The second-order valence-corrected chi connectivity index (χ2v) is 5.63. The summed E-state index contributed by atoms with van der Waals surface area (Å²) in [6.45, 7) is 0.910. The molecule has 1 aromatic carbocycles. The van der Waals surface area contributed by atoms with Crippen molar-refractivity contribution < 1.29 is 0 Å². The molecule has 0 saturated heterocycles. The van der Waals surface area contributed by atoms with E-state index in [0.29, 0.717) is 4.99 Å². The number of fused-ring (bicyclic) bond motifs is 1. The molecule has 3 rings (SSSR count). The normalized spacial score (nSPS) is 10.9. The van der Waals surface area contributed by atoms with Gasteiger partial charge in [0.05, 0.1) is 6.54 Å². The summed E-state index contributed by atoms with van der Waals surface area (Å²) < 4.78 is 2.24. The van der Waals surface area contributed by atoms with E-state index >= 15 is 0 Å². The van der Waals surface area contributed by atoms with Gasteiger partial charge in [0, 0.05) is 27.5 Å². The summed E-state index contributed by atoms with van der Waals surface area (Å²) in [5.41, 5.74) is 7.78. The van der Waals surface area contributed by atoms with Crippen LogP contribution in [0.2, 0.25) is 0 Å². The molecule has 0 aliphatic rings. The van der Waals surface area contributed by atoms with Crippen LogP contribution in [-0.4, -0.2) is 9.56 Å². The minimum atomic E-state index is 0.447. The fraction of sp³-hybridized carbons (Fsp3) is 0.0714. The predicted molar refractivity (Wildman–Crippen MR) is 81.2 cm³/mol. The van der Waals surface area contributed by atoms with Gasteiger partial charge in [-0.1, -0.05) is 18.3 Å². The van der Waals surface area contributed by atoms with Crippen LogP contribution in [0.3, 0.4) is 0 Å². The SMILES string of the molecule is NC(=S)c1ccc2c(ccn2Cc2cccs2)c1. The average molecular weight is 272 g/mol. The number of nitrogens with zero attached hydrogens (tertiary/aromatic N) is 1. The number of hydrogen-bond donors (Lipinski definition) is 1. The summed E-state index contributed by atoms with van der Waals surface area (Å²) in [5, 5.41) is 3.28. The van der Waals surface area contributed by atoms with Crippen molar-refractivity contribution in [1.82, 2.24) is 4.57 Å². The van der Waals surface area contributed by atoms with Crippen LogP contribution in [0, 0.1) is 0 Å². The van der Waals surface area contributed by atoms with E-state index in [1.165, 1.54) is 15.8 Å². The summed E-state index contributed by atoms with van der Waals surface area (Å²) in [6, 6.07) is 12.4. The van der Waals surface area contributed by atoms with Crippen molar-refractivity contribution in [3.63, 3.8) is 0 Å². The maximum Gasteiger partial charge on any atom is 0.104 e. The fourth-order valence-corrected chi connectivity index (χ4v) is 2.89. The first-order chi connectivity index (χ1) is 8.74. The third-order valence-corrected chi connectivity index (χ3v) is 4.06. The van der Waals surface area contributed by atoms with Crippen molar-refractivity contribution in [3.8, 4) is 0 Å². The van der Waals surface area contributed by atoms with Crippen molar-refractivity contribution >= 4 is 39.4 Å². The van der Waals surface area contributed by atoms with E-state index < -0.39 is 0 Å². The summed E-state index contributed by atoms with van der Waals surface area (Å²) in [4.78, 5) is 1.80. The van der Waals surface area contributed by atoms with Gasteiger partial charge in [-0.25, -0.2) is 0 Å². The zero-order valence-electron chi connectivity index (χ0n) is 9.67. The Bertz CT molecular complexity index is 696. The van der Waals surface area contributed by atoms with Crippen molar-refractivity contribution in [1.29, 1.82) is 0 Å². The number of nitrogens with two attached hydrogens (primary N) is 1. The lowest BCUT2D eigenvalue weighted by Gasteiger charge is -2.04. The zero-order chi connectivity index (χ0) is 12.5. The van der Waals surface area contributed by atoms with Crippen molar-refractivity contribution in [2.75, 3.05) is 0 Å². The van der Waals surface area contributed by atoms with Crippen LogP contribution in [0.25, 0.3) is 10.9 Å². The third-order valence-electron chi connectivity index (χ3n) is 2.96. The molecule has 2 heterocycles. The van der Waals surface area contributed by atoms with Gasteiger partial charge < -0.3 is 10.3 Å². The summed E-state index contributed by atoms with van der Waals surface area (Å²) in [5.74, 6) is 0. The van der Waals surface area contributed by atoms with Gasteiger partial charge in [0.15, 0.2) is 0 Å². The number of hydrogen-bond acceptors (Lipinski definition) is 2. The monoisotopic (exact) mass is 272 g/mol. The Morgan fingerprint density at radius 2 is 2.17 bits per heavy atom. The molecule has 0 spiro atoms. The molecule has 0 aliphatic carbocycles. The Morgan fingerprint density at radius 3 is 2.89 bits per heavy atom. The summed E-state index contributed by atoms with van der Waals surface area (Å²) >= 11 is 6.77. The first-order valence-electron chi connectivity index (χ1n) is 5.65. The molecule has 18 heavy (non-hydrogen) atoms. The first-order valence-corrected chi connectivity index (χ1v) is 6.94. The highest BCUT2D eigenvalue weighted by molar-refractivity contribution is 7.80. The number of thiophene rings is 1. The Hall–Kier alpha value is -1.65. The molecule has 0 bridgehead atoms. The first kappa shape index (κ1) is 11.4. The maximum atomic E-state index is 5.65. The van der Waals surface area contributed by atoms with Crippen LogP contribution in [0.15, 0.2) is 48.0 Å². The molecule has 0 aliphatic heterocycles. The van der Waals surface area contributed by atoms with E-state index in [-0.39, 0.29) is 0 Å². The lowest BCUT2D eigenvalue weighted by molar-refractivity contribution is 0.851. The molecule has 0 saturated carbocycles. The Labute approximate surface area is 115 Å². The molecule has 2 aromatic heterocycles. The lowest BCUT2D eigenvalue weighted by Crippen LogP contribution is -2.08. The van der Waals surface area contributed by atoms with E-state index in [2.05, 4.69) is 40.4 Å². The average Bonchev–Trinajstić information content (AvgIpc) is 2.99. The Balaban J connectivity index is 2.02. The number of benzene rings is 1. The van der Waals surface area contributed by atoms with Gasteiger partial charge in [0.1, 0.15) is 4.99 Å². The molecular weight excluding hydrogens is 260 g/mol. The molecule has 2 nitrogen and oxygen atoms in total. The summed E-state index contributed by atoms with van der Waals surface area (Å²) in [7, 11) is 0. The molecule has 0 unspecified atom stereocenters. The highest BCUT2D eigenvalue weighted by Gasteiger charge is 2.04. The van der Waals surface area contributed by atoms with Crippen molar-refractivity contribution in [3.05, 3.63) is 58.4 Å². The largest absolute Gasteiger partial charge is 0.389 e. The molecule has 4 heteroatoms. The molecule has 90 valence electrons. The number of thiocarbonyl (C=S) groups is 1. The quantitative estimate of drug-likeness (QED) is 0.741. The van der Waals surface area contributed by atoms with Gasteiger partial charge in [0.2, 0.25) is 0 Å². The minimum absolute atomic E-state index is 0.447. The van der Waals surface area contributed by atoms with Crippen LogP contribution in [0.5, 0.6) is 0 Å². The Morgan fingerprint density at radius 1 is 1.28 bits per heavy atom. The predicted octanol–water partition coefficient (Wildman–Crippen LogP) is 3.39. The third kappa shape index (κ3) is 2.05. The van der Waals surface area contributed by atoms with Gasteiger partial charge >= 0.3 is 0 Å². The topological polar surface area (TPSA) is 30.9 Å². The molecule has 2 N–H and O–H groups in total. The molecule has 3 aromatic rings. The van der Waals surface area contributed by atoms with Crippen LogP contribution >= 0.6 is 23.6 Å². The van der Waals surface area contributed by atoms with E-state index in [1.807, 2.05) is 12.1 Å². The zero-order valence-corrected chi connectivity index (χ0v) is 11.3. The van der Waals surface area contributed by atoms with Crippen LogP contribution in [0.1, 0.15) is 10.4 Å². The van der Waals surface area contributed by atoms with Crippen LogP contribution in [0.4, 0.5) is 0 Å². The van der Waals surface area contributed by atoms with E-state index in [0.717, 1.165) is 12.1 Å². The van der Waals surface area contributed by atoms with E-state index in [4.69, 9.17) is 18.0 Å². The van der Waals surface area contributed by atoms with Gasteiger partial charge in [-0.05, 0) is 35.7 Å². The van der Waals surface area contributed by atoms with E-state index in [9.17, 15) is 0 Å². The standard InChI is InChI=1S/C14H12N2S2/c15-14(17)11-3-4-13-10(8-11)5-6-16(13)9-12-2-1-7-18-12/h1-8H,9H2,(H2,15,17). The minimum Gasteiger partial charge on any atom is -0.389 e. The second-order valence-electron chi connectivity index (χ2n) is 4.16. The van der Waals surface area contributed by atoms with Crippen LogP contribution in [-0.2, 0) is 6.54 Å². The molecule has 0 atom stereocenters. The maximum absolute atomic E-state index is 5.65.